The Balaban J connectivity index is 2.35. The summed E-state index contributed by atoms with van der Waals surface area (Å²) in [7, 11) is -0.286. The first-order valence-electron chi connectivity index (χ1n) is 8.94. The van der Waals surface area contributed by atoms with Crippen LogP contribution in [0.3, 0.4) is 0 Å². The molecular formula is C22H27ClO3P. The van der Waals surface area contributed by atoms with Gasteiger partial charge in [0.25, 0.3) is 0 Å². The lowest BCUT2D eigenvalue weighted by Gasteiger charge is -2.30. The highest BCUT2D eigenvalue weighted by molar-refractivity contribution is 7.54. The number of hydrogen-bond donors (Lipinski definition) is 0. The second-order valence-electron chi connectivity index (χ2n) is 8.23. The first-order chi connectivity index (χ1) is 12.5. The summed E-state index contributed by atoms with van der Waals surface area (Å²) in [6, 6.07) is 14.1. The van der Waals surface area contributed by atoms with Gasteiger partial charge in [-0.3, -0.25) is 9.36 Å². The molecule has 0 aliphatic carbocycles. The van der Waals surface area contributed by atoms with Crippen LogP contribution in [0.4, 0.5) is 0 Å². The van der Waals surface area contributed by atoms with Crippen molar-refractivity contribution in [2.45, 2.75) is 39.0 Å². The average Bonchev–Trinajstić information content (AvgIpc) is 2.58. The highest BCUT2D eigenvalue weighted by atomic mass is 35.5. The highest BCUT2D eigenvalue weighted by Crippen LogP contribution is 2.39. The van der Waals surface area contributed by atoms with Crippen LogP contribution in [0.5, 0.6) is 5.75 Å². The van der Waals surface area contributed by atoms with Crippen LogP contribution in [0.25, 0.3) is 0 Å². The van der Waals surface area contributed by atoms with Gasteiger partial charge in [0.05, 0.1) is 17.5 Å². The van der Waals surface area contributed by atoms with Crippen LogP contribution in [-0.2, 0) is 4.57 Å². The first kappa shape index (κ1) is 21.6. The van der Waals surface area contributed by atoms with Gasteiger partial charge in [0.2, 0.25) is 0 Å². The zero-order valence-corrected chi connectivity index (χ0v) is 18.2. The standard InChI is InChI=1S/C22H27ClO3P/c1-21(2,3)14-22(4,23)15-27(25)19-13-9-7-11-17(19)20(24)16-10-6-8-12-18(16)26-5/h6-13H,14-15H2,1-5H3. The number of ether oxygens (including phenoxy) is 1. The van der Waals surface area contributed by atoms with E-state index in [9.17, 15) is 9.36 Å². The highest BCUT2D eigenvalue weighted by Gasteiger charge is 2.31. The lowest BCUT2D eigenvalue weighted by Crippen LogP contribution is -2.28. The molecular weight excluding hydrogens is 379 g/mol. The predicted molar refractivity (Wildman–Crippen MR) is 113 cm³/mol. The Bertz CT molecular complexity index is 837. The maximum atomic E-state index is 13.1. The maximum Gasteiger partial charge on any atom is 0.197 e. The van der Waals surface area contributed by atoms with E-state index in [1.54, 1.807) is 42.5 Å². The summed E-state index contributed by atoms with van der Waals surface area (Å²) in [5, 5.41) is 0.546. The van der Waals surface area contributed by atoms with E-state index in [-0.39, 0.29) is 11.2 Å². The van der Waals surface area contributed by atoms with Crippen molar-refractivity contribution in [3.05, 3.63) is 59.7 Å². The van der Waals surface area contributed by atoms with Crippen LogP contribution in [0, 0.1) is 5.41 Å². The number of hydrogen-bond acceptors (Lipinski definition) is 3. The SMILES string of the molecule is COc1ccccc1C(=O)c1ccccc1[P](=O)CC(C)(Cl)CC(C)(C)C. The van der Waals surface area contributed by atoms with Crippen LogP contribution in [0.2, 0.25) is 0 Å². The van der Waals surface area contributed by atoms with E-state index in [4.69, 9.17) is 16.3 Å². The van der Waals surface area contributed by atoms with Crippen LogP contribution in [0.1, 0.15) is 50.0 Å². The Labute approximate surface area is 167 Å². The number of alkyl halides is 1. The quantitative estimate of drug-likeness (QED) is 0.331. The largest absolute Gasteiger partial charge is 0.496 e. The molecule has 0 saturated heterocycles. The van der Waals surface area contributed by atoms with E-state index in [1.165, 1.54) is 7.11 Å². The maximum absolute atomic E-state index is 13.1. The molecule has 2 atom stereocenters. The lowest BCUT2D eigenvalue weighted by atomic mass is 9.86. The molecule has 2 aromatic carbocycles. The van der Waals surface area contributed by atoms with E-state index in [1.807, 2.05) is 13.0 Å². The molecule has 0 aromatic heterocycles. The van der Waals surface area contributed by atoms with Gasteiger partial charge in [-0.05, 0) is 43.0 Å². The monoisotopic (exact) mass is 405 g/mol. The Hall–Kier alpha value is -1.70. The molecule has 0 aliphatic heterocycles. The number of halogens is 1. The summed E-state index contributed by atoms with van der Waals surface area (Å²) >= 11 is 6.67. The minimum absolute atomic E-state index is 0.0272. The summed E-state index contributed by atoms with van der Waals surface area (Å²) in [6.45, 7) is 8.25. The molecule has 0 bridgehead atoms. The van der Waals surface area contributed by atoms with Gasteiger partial charge in [-0.25, -0.2) is 0 Å². The third-order valence-corrected chi connectivity index (χ3v) is 6.51. The number of benzene rings is 2. The predicted octanol–water partition coefficient (Wildman–Crippen LogP) is 5.81. The fourth-order valence-electron chi connectivity index (χ4n) is 3.41. The molecule has 0 fully saturated rings. The zero-order valence-electron chi connectivity index (χ0n) is 16.6. The second-order valence-corrected chi connectivity index (χ2v) is 10.7. The fourth-order valence-corrected chi connectivity index (χ4v) is 5.71. The third-order valence-electron chi connectivity index (χ3n) is 4.14. The number of carbonyl (C=O) groups excluding carboxylic acids is 1. The van der Waals surface area contributed by atoms with Gasteiger partial charge in [-0.1, -0.05) is 45.0 Å². The minimum atomic E-state index is -1.82. The van der Waals surface area contributed by atoms with Crippen molar-refractivity contribution in [1.29, 1.82) is 0 Å². The van der Waals surface area contributed by atoms with Crippen molar-refractivity contribution in [1.82, 2.24) is 0 Å². The molecule has 145 valence electrons. The average molecular weight is 406 g/mol. The molecule has 0 heterocycles. The Morgan fingerprint density at radius 2 is 1.56 bits per heavy atom. The van der Waals surface area contributed by atoms with Gasteiger partial charge in [0.1, 0.15) is 13.6 Å². The van der Waals surface area contributed by atoms with E-state index >= 15 is 0 Å². The van der Waals surface area contributed by atoms with Crippen LogP contribution < -0.4 is 10.0 Å². The molecule has 2 unspecified atom stereocenters. The lowest BCUT2D eigenvalue weighted by molar-refractivity contribution is 0.103. The minimum Gasteiger partial charge on any atom is -0.496 e. The summed E-state index contributed by atoms with van der Waals surface area (Å²) in [5.41, 5.74) is 0.921. The van der Waals surface area contributed by atoms with Crippen molar-refractivity contribution < 1.29 is 14.1 Å². The van der Waals surface area contributed by atoms with Crippen LogP contribution in [0.15, 0.2) is 48.5 Å². The van der Waals surface area contributed by atoms with Gasteiger partial charge in [-0.15, -0.1) is 11.6 Å². The fraction of sp³-hybridized carbons (Fsp3) is 0.409. The molecule has 27 heavy (non-hydrogen) atoms. The third kappa shape index (κ3) is 5.89. The van der Waals surface area contributed by atoms with E-state index in [2.05, 4.69) is 20.8 Å². The van der Waals surface area contributed by atoms with Gasteiger partial charge < -0.3 is 4.74 Å². The number of rotatable bonds is 7. The summed E-state index contributed by atoms with van der Waals surface area (Å²) in [4.78, 5) is 12.5. The number of ketones is 1. The normalized spacial score (nSPS) is 14.4. The van der Waals surface area contributed by atoms with Crippen molar-refractivity contribution >= 4 is 30.5 Å². The topological polar surface area (TPSA) is 43.4 Å². The van der Waals surface area contributed by atoms with Crippen molar-refractivity contribution in [3.63, 3.8) is 0 Å². The Morgan fingerprint density at radius 3 is 2.15 bits per heavy atom. The smallest absolute Gasteiger partial charge is 0.197 e. The molecule has 2 aromatic rings. The van der Waals surface area contributed by atoms with E-state index in [0.717, 1.165) is 6.42 Å². The molecule has 3 nitrogen and oxygen atoms in total. The Morgan fingerprint density at radius 1 is 1.00 bits per heavy atom. The van der Waals surface area contributed by atoms with E-state index < -0.39 is 12.7 Å². The van der Waals surface area contributed by atoms with Gasteiger partial charge in [0.15, 0.2) is 5.78 Å². The number of para-hydroxylation sites is 1. The van der Waals surface area contributed by atoms with E-state index in [0.29, 0.717) is 28.3 Å². The second kappa shape index (κ2) is 8.54. The molecule has 0 aliphatic rings. The van der Waals surface area contributed by atoms with Crippen LogP contribution in [-0.4, -0.2) is 23.9 Å². The molecule has 0 saturated carbocycles. The number of carbonyl (C=O) groups is 1. The van der Waals surface area contributed by atoms with Crippen molar-refractivity contribution in [2.75, 3.05) is 13.3 Å². The molecule has 5 heteroatoms. The van der Waals surface area contributed by atoms with Crippen LogP contribution >= 0.6 is 19.4 Å². The van der Waals surface area contributed by atoms with Gasteiger partial charge in [-0.2, -0.15) is 0 Å². The number of methoxy groups -OCH3 is 1. The van der Waals surface area contributed by atoms with Crippen molar-refractivity contribution in [3.8, 4) is 5.75 Å². The zero-order chi connectivity index (χ0) is 20.2. The molecule has 2 rings (SSSR count). The molecule has 0 spiro atoms. The van der Waals surface area contributed by atoms with Gasteiger partial charge in [0, 0.05) is 17.0 Å². The van der Waals surface area contributed by atoms with Crippen molar-refractivity contribution in [2.24, 2.45) is 5.41 Å². The molecule has 0 amide bonds. The van der Waals surface area contributed by atoms with Gasteiger partial charge >= 0.3 is 0 Å². The Kier molecular flexibility index (Phi) is 6.83. The summed E-state index contributed by atoms with van der Waals surface area (Å²) in [5.74, 6) is 0.306. The summed E-state index contributed by atoms with van der Waals surface area (Å²) in [6.07, 6.45) is 1.04. The first-order valence-corrected chi connectivity index (χ1v) is 10.8. The molecule has 0 N–H and O–H groups in total. The molecule has 1 radical (unpaired) electrons. The summed E-state index contributed by atoms with van der Waals surface area (Å²) < 4.78 is 18.4.